The topological polar surface area (TPSA) is 89.2 Å². The Kier molecular flexibility index (Phi) is 6.55. The Hall–Kier alpha value is -3.27. The van der Waals surface area contributed by atoms with Crippen LogP contribution in [0.15, 0.2) is 33.9 Å². The van der Waals surface area contributed by atoms with E-state index >= 15 is 0 Å². The third kappa shape index (κ3) is 4.67. The Morgan fingerprint density at radius 1 is 1.03 bits per heavy atom. The summed E-state index contributed by atoms with van der Waals surface area (Å²) in [5.41, 5.74) is 0.539. The van der Waals surface area contributed by atoms with Gasteiger partial charge in [0, 0.05) is 65.5 Å². The van der Waals surface area contributed by atoms with Crippen LogP contribution in [0.1, 0.15) is 25.3 Å². The summed E-state index contributed by atoms with van der Waals surface area (Å²) < 4.78 is 13.6. The molecule has 35 heavy (non-hydrogen) atoms. The van der Waals surface area contributed by atoms with Crippen molar-refractivity contribution >= 4 is 11.7 Å². The third-order valence-electron chi connectivity index (χ3n) is 7.32. The molecule has 10 nitrogen and oxygen atoms in total. The van der Waals surface area contributed by atoms with E-state index in [1.807, 2.05) is 28.9 Å². The fourth-order valence-corrected chi connectivity index (χ4v) is 5.29. The van der Waals surface area contributed by atoms with Crippen LogP contribution in [0.3, 0.4) is 0 Å². The van der Waals surface area contributed by atoms with E-state index in [0.717, 1.165) is 55.1 Å². The number of ether oxygens (including phenoxy) is 2. The van der Waals surface area contributed by atoms with Gasteiger partial charge in [-0.25, -0.2) is 4.79 Å². The number of hydrogen-bond acceptors (Lipinski definition) is 7. The van der Waals surface area contributed by atoms with Crippen molar-refractivity contribution in [2.75, 3.05) is 51.0 Å². The van der Waals surface area contributed by atoms with E-state index in [1.54, 1.807) is 4.57 Å². The van der Waals surface area contributed by atoms with E-state index < -0.39 is 0 Å². The molecule has 1 aromatic heterocycles. The summed E-state index contributed by atoms with van der Waals surface area (Å²) in [5, 5.41) is 0. The summed E-state index contributed by atoms with van der Waals surface area (Å²) in [5.74, 6) is 2.24. The van der Waals surface area contributed by atoms with Crippen molar-refractivity contribution in [2.45, 2.75) is 32.9 Å². The summed E-state index contributed by atoms with van der Waals surface area (Å²) >= 11 is 0. The number of aromatic nitrogens is 2. The SMILES string of the molecule is CCn1c(N2CCC[C@@H](C(=O)N3CCN(Cc4ccc5c(c4)OCO5)CC3)C2)cc(=O)n(C)c1=O. The van der Waals surface area contributed by atoms with Crippen LogP contribution in [0.2, 0.25) is 0 Å². The lowest BCUT2D eigenvalue weighted by Crippen LogP contribution is -2.53. The largest absolute Gasteiger partial charge is 0.454 e. The van der Waals surface area contributed by atoms with Crippen LogP contribution >= 0.6 is 0 Å². The van der Waals surface area contributed by atoms with Gasteiger partial charge in [-0.1, -0.05) is 6.07 Å². The number of piperazine rings is 1. The molecular weight excluding hydrogens is 450 g/mol. The number of benzene rings is 1. The average Bonchev–Trinajstić information content (AvgIpc) is 3.35. The summed E-state index contributed by atoms with van der Waals surface area (Å²) in [6.07, 6.45) is 1.68. The van der Waals surface area contributed by atoms with Crippen LogP contribution < -0.4 is 25.6 Å². The Morgan fingerprint density at radius 3 is 2.57 bits per heavy atom. The fourth-order valence-electron chi connectivity index (χ4n) is 5.29. The van der Waals surface area contributed by atoms with Crippen molar-refractivity contribution in [3.63, 3.8) is 0 Å². The minimum atomic E-state index is -0.318. The van der Waals surface area contributed by atoms with E-state index in [0.29, 0.717) is 32.0 Å². The average molecular weight is 484 g/mol. The van der Waals surface area contributed by atoms with E-state index in [-0.39, 0.29) is 29.9 Å². The number of hydrogen-bond donors (Lipinski definition) is 0. The lowest BCUT2D eigenvalue weighted by atomic mass is 9.96. The molecule has 0 aliphatic carbocycles. The van der Waals surface area contributed by atoms with Gasteiger partial charge in [0.25, 0.3) is 5.56 Å². The highest BCUT2D eigenvalue weighted by Gasteiger charge is 2.32. The Balaban J connectivity index is 1.20. The number of anilines is 1. The van der Waals surface area contributed by atoms with Crippen molar-refractivity contribution in [3.8, 4) is 11.5 Å². The van der Waals surface area contributed by atoms with Gasteiger partial charge in [0.2, 0.25) is 12.7 Å². The zero-order valence-corrected chi connectivity index (χ0v) is 20.4. The normalized spacial score (nSPS) is 20.3. The molecule has 0 saturated carbocycles. The fraction of sp³-hybridized carbons (Fsp3) is 0.560. The first-order valence-electron chi connectivity index (χ1n) is 12.4. The second-order valence-corrected chi connectivity index (χ2v) is 9.50. The highest BCUT2D eigenvalue weighted by molar-refractivity contribution is 5.80. The molecule has 0 bridgehead atoms. The number of amides is 1. The van der Waals surface area contributed by atoms with Gasteiger partial charge in [-0.05, 0) is 37.5 Å². The molecule has 0 N–H and O–H groups in total. The summed E-state index contributed by atoms with van der Waals surface area (Å²) in [4.78, 5) is 44.6. The lowest BCUT2D eigenvalue weighted by molar-refractivity contribution is -0.137. The Labute approximate surface area is 204 Å². The second-order valence-electron chi connectivity index (χ2n) is 9.50. The minimum Gasteiger partial charge on any atom is -0.454 e. The summed E-state index contributed by atoms with van der Waals surface area (Å²) in [6, 6.07) is 7.57. The predicted molar refractivity (Wildman–Crippen MR) is 131 cm³/mol. The number of rotatable bonds is 5. The number of carbonyl (C=O) groups is 1. The molecule has 3 aliphatic heterocycles. The van der Waals surface area contributed by atoms with Crippen molar-refractivity contribution in [2.24, 2.45) is 13.0 Å². The molecule has 2 saturated heterocycles. The smallest absolute Gasteiger partial charge is 0.332 e. The standard InChI is InChI=1S/C25H33N5O5/c1-3-30-22(14-23(31)26(2)25(30)33)29-8-4-5-19(16-29)24(32)28-11-9-27(10-12-28)15-18-6-7-20-21(13-18)35-17-34-20/h6-7,13-14,19H,3-5,8-12,15-17H2,1-2H3/t19-/m1/s1. The molecule has 3 aliphatic rings. The van der Waals surface area contributed by atoms with Crippen molar-refractivity contribution in [1.82, 2.24) is 18.9 Å². The molecule has 1 aromatic carbocycles. The molecule has 10 heteroatoms. The molecule has 2 aromatic rings. The summed E-state index contributed by atoms with van der Waals surface area (Å²) in [7, 11) is 1.50. The van der Waals surface area contributed by atoms with E-state index in [4.69, 9.17) is 9.47 Å². The van der Waals surface area contributed by atoms with Gasteiger partial charge in [-0.3, -0.25) is 23.6 Å². The van der Waals surface area contributed by atoms with Crippen LogP contribution in [0, 0.1) is 5.92 Å². The number of fused-ring (bicyclic) bond motifs is 1. The molecule has 4 heterocycles. The predicted octanol–water partition coefficient (Wildman–Crippen LogP) is 0.856. The third-order valence-corrected chi connectivity index (χ3v) is 7.32. The van der Waals surface area contributed by atoms with Gasteiger partial charge in [0.15, 0.2) is 11.5 Å². The first-order valence-corrected chi connectivity index (χ1v) is 12.4. The number of piperidine rings is 1. The minimum absolute atomic E-state index is 0.131. The zero-order valence-electron chi connectivity index (χ0n) is 20.4. The molecule has 188 valence electrons. The van der Waals surface area contributed by atoms with Crippen LogP contribution in [-0.2, 0) is 24.9 Å². The zero-order chi connectivity index (χ0) is 24.5. The quantitative estimate of drug-likeness (QED) is 0.623. The molecule has 5 rings (SSSR count). The molecule has 1 atom stereocenters. The number of carbonyl (C=O) groups excluding carboxylic acids is 1. The van der Waals surface area contributed by atoms with E-state index in [9.17, 15) is 14.4 Å². The van der Waals surface area contributed by atoms with E-state index in [1.165, 1.54) is 18.7 Å². The van der Waals surface area contributed by atoms with Crippen LogP contribution in [-0.4, -0.2) is 70.9 Å². The Morgan fingerprint density at radius 2 is 1.80 bits per heavy atom. The maximum atomic E-state index is 13.4. The molecule has 0 spiro atoms. The monoisotopic (exact) mass is 483 g/mol. The Bertz CT molecular complexity index is 1210. The lowest BCUT2D eigenvalue weighted by Gasteiger charge is -2.40. The highest BCUT2D eigenvalue weighted by atomic mass is 16.7. The van der Waals surface area contributed by atoms with Crippen LogP contribution in [0.5, 0.6) is 11.5 Å². The molecule has 1 amide bonds. The molecule has 0 radical (unpaired) electrons. The van der Waals surface area contributed by atoms with Crippen LogP contribution in [0.25, 0.3) is 0 Å². The first kappa shape index (κ1) is 23.5. The highest BCUT2D eigenvalue weighted by Crippen LogP contribution is 2.33. The van der Waals surface area contributed by atoms with Gasteiger partial charge in [-0.2, -0.15) is 0 Å². The molecular formula is C25H33N5O5. The maximum absolute atomic E-state index is 13.4. The van der Waals surface area contributed by atoms with Gasteiger partial charge in [-0.15, -0.1) is 0 Å². The maximum Gasteiger partial charge on any atom is 0.332 e. The van der Waals surface area contributed by atoms with Crippen molar-refractivity contribution in [1.29, 1.82) is 0 Å². The second kappa shape index (κ2) is 9.77. The van der Waals surface area contributed by atoms with E-state index in [2.05, 4.69) is 11.0 Å². The summed E-state index contributed by atoms with van der Waals surface area (Å²) in [6.45, 7) is 7.76. The molecule has 2 fully saturated rings. The van der Waals surface area contributed by atoms with Gasteiger partial charge in [0.05, 0.1) is 5.92 Å². The van der Waals surface area contributed by atoms with Gasteiger partial charge >= 0.3 is 5.69 Å². The van der Waals surface area contributed by atoms with Gasteiger partial charge in [0.1, 0.15) is 5.82 Å². The van der Waals surface area contributed by atoms with Gasteiger partial charge < -0.3 is 19.3 Å². The number of nitrogens with zero attached hydrogens (tertiary/aromatic N) is 5. The first-order chi connectivity index (χ1) is 16.9. The molecule has 0 unspecified atom stereocenters. The van der Waals surface area contributed by atoms with Crippen molar-refractivity contribution in [3.05, 3.63) is 50.7 Å². The van der Waals surface area contributed by atoms with Crippen LogP contribution in [0.4, 0.5) is 5.82 Å². The van der Waals surface area contributed by atoms with Crippen molar-refractivity contribution < 1.29 is 14.3 Å².